The first kappa shape index (κ1) is 22.7. The van der Waals surface area contributed by atoms with E-state index in [9.17, 15) is 10.1 Å². The van der Waals surface area contributed by atoms with Crippen molar-refractivity contribution in [3.05, 3.63) is 92.3 Å². The first-order valence-electron chi connectivity index (χ1n) is 11.7. The predicted molar refractivity (Wildman–Crippen MR) is 139 cm³/mol. The predicted octanol–water partition coefficient (Wildman–Crippen LogP) is 5.25. The number of hydrogen-bond donors (Lipinski definition) is 1. The molecule has 1 aliphatic carbocycles. The molecule has 2 aliphatic rings. The van der Waals surface area contributed by atoms with Crippen LogP contribution in [-0.4, -0.2) is 53.5 Å². The van der Waals surface area contributed by atoms with Crippen LogP contribution < -0.4 is 0 Å². The van der Waals surface area contributed by atoms with Crippen molar-refractivity contribution in [3.8, 4) is 0 Å². The molecule has 2 aromatic carbocycles. The van der Waals surface area contributed by atoms with Crippen molar-refractivity contribution in [2.45, 2.75) is 19.8 Å². The molecule has 35 heavy (non-hydrogen) atoms. The second-order valence-corrected chi connectivity index (χ2v) is 8.69. The molecule has 0 spiro atoms. The second kappa shape index (κ2) is 10.1. The Labute approximate surface area is 203 Å². The summed E-state index contributed by atoms with van der Waals surface area (Å²) in [5.41, 5.74) is 7.77. The molecule has 5 rings (SSSR count). The summed E-state index contributed by atoms with van der Waals surface area (Å²) >= 11 is 0. The van der Waals surface area contributed by atoms with E-state index in [1.54, 1.807) is 24.3 Å². The van der Waals surface area contributed by atoms with Gasteiger partial charge in [0, 0.05) is 53.1 Å². The van der Waals surface area contributed by atoms with Gasteiger partial charge in [-0.25, -0.2) is 0 Å². The quantitative estimate of drug-likeness (QED) is 0.303. The zero-order valence-corrected chi connectivity index (χ0v) is 19.6. The van der Waals surface area contributed by atoms with Crippen LogP contribution in [0.2, 0.25) is 0 Å². The Hall–Kier alpha value is -4.04. The van der Waals surface area contributed by atoms with Crippen molar-refractivity contribution in [1.29, 1.82) is 0 Å². The van der Waals surface area contributed by atoms with E-state index < -0.39 is 0 Å². The van der Waals surface area contributed by atoms with Crippen molar-refractivity contribution >= 4 is 35.1 Å². The van der Waals surface area contributed by atoms with Crippen LogP contribution in [-0.2, 0) is 4.74 Å². The molecular weight excluding hydrogens is 442 g/mol. The first-order chi connectivity index (χ1) is 17.1. The number of ether oxygens (including phenoxy) is 1. The van der Waals surface area contributed by atoms with E-state index in [1.165, 1.54) is 11.3 Å². The number of morpholine rings is 1. The smallest absolute Gasteiger partial charge is 0.269 e. The van der Waals surface area contributed by atoms with Gasteiger partial charge in [0.15, 0.2) is 0 Å². The highest BCUT2D eigenvalue weighted by molar-refractivity contribution is 6.00. The summed E-state index contributed by atoms with van der Waals surface area (Å²) < 4.78 is 5.56. The number of fused-ring (bicyclic) bond motifs is 1. The largest absolute Gasteiger partial charge is 0.378 e. The number of aromatic nitrogens is 1. The molecule has 8 heteroatoms. The minimum absolute atomic E-state index is 0.0960. The molecule has 0 radical (unpaired) electrons. The number of para-hydroxylation sites is 1. The SMILES string of the molecule is Cc1[nH]c2ccccc2c1/C=N/N=C/C1=C(N2CCOCC2)C(=C\c2ccc([N+](=O)[O-])cc2)/CC1. The van der Waals surface area contributed by atoms with Gasteiger partial charge in [0.05, 0.1) is 30.6 Å². The van der Waals surface area contributed by atoms with Crippen LogP contribution in [0.5, 0.6) is 0 Å². The molecule has 2 heterocycles. The zero-order chi connectivity index (χ0) is 24.2. The third-order valence-corrected chi connectivity index (χ3v) is 6.45. The van der Waals surface area contributed by atoms with Crippen LogP contribution in [0.3, 0.4) is 0 Å². The second-order valence-electron chi connectivity index (χ2n) is 8.69. The van der Waals surface area contributed by atoms with Gasteiger partial charge in [-0.05, 0) is 60.8 Å². The number of nitrogens with one attached hydrogen (secondary N) is 1. The molecule has 1 N–H and O–H groups in total. The van der Waals surface area contributed by atoms with Gasteiger partial charge in [0.2, 0.25) is 0 Å². The molecular formula is C27H27N5O3. The Morgan fingerprint density at radius 3 is 2.54 bits per heavy atom. The van der Waals surface area contributed by atoms with E-state index in [4.69, 9.17) is 4.74 Å². The minimum atomic E-state index is -0.377. The van der Waals surface area contributed by atoms with E-state index in [0.29, 0.717) is 13.2 Å². The number of allylic oxidation sites excluding steroid dienone is 2. The highest BCUT2D eigenvalue weighted by Crippen LogP contribution is 2.35. The molecule has 0 atom stereocenters. The highest BCUT2D eigenvalue weighted by atomic mass is 16.6. The summed E-state index contributed by atoms with van der Waals surface area (Å²) in [5, 5.41) is 20.9. The monoisotopic (exact) mass is 469 g/mol. The Morgan fingerprint density at radius 2 is 1.77 bits per heavy atom. The lowest BCUT2D eigenvalue weighted by molar-refractivity contribution is -0.384. The lowest BCUT2D eigenvalue weighted by Crippen LogP contribution is -2.36. The number of H-pyrrole nitrogens is 1. The standard InChI is InChI=1S/C27H27N5O3/c1-19-25(24-4-2-3-5-26(24)30-19)18-29-28-17-22-9-8-21(27(22)31-12-14-35-15-13-31)16-20-6-10-23(11-7-20)32(33)34/h2-7,10-11,16-18,30H,8-9,12-15H2,1H3/b21-16-,28-17+,29-18+. The average molecular weight is 470 g/mol. The minimum Gasteiger partial charge on any atom is -0.378 e. The number of nitro groups is 1. The topological polar surface area (TPSA) is 96.1 Å². The summed E-state index contributed by atoms with van der Waals surface area (Å²) in [5.74, 6) is 0. The molecule has 0 bridgehead atoms. The zero-order valence-electron chi connectivity index (χ0n) is 19.6. The van der Waals surface area contributed by atoms with Crippen LogP contribution in [0.15, 0.2) is 75.6 Å². The molecule has 3 aromatic rings. The molecule has 8 nitrogen and oxygen atoms in total. The van der Waals surface area contributed by atoms with Gasteiger partial charge in [-0.1, -0.05) is 18.2 Å². The van der Waals surface area contributed by atoms with Crippen molar-refractivity contribution in [2.75, 3.05) is 26.3 Å². The van der Waals surface area contributed by atoms with Gasteiger partial charge in [-0.15, -0.1) is 0 Å². The highest BCUT2D eigenvalue weighted by Gasteiger charge is 2.25. The lowest BCUT2D eigenvalue weighted by atomic mass is 10.1. The van der Waals surface area contributed by atoms with Crippen LogP contribution in [0.4, 0.5) is 5.69 Å². The van der Waals surface area contributed by atoms with E-state index in [1.807, 2.05) is 31.5 Å². The molecule has 1 fully saturated rings. The third kappa shape index (κ3) is 4.93. The molecule has 0 saturated carbocycles. The summed E-state index contributed by atoms with van der Waals surface area (Å²) in [7, 11) is 0. The van der Waals surface area contributed by atoms with Crippen molar-refractivity contribution in [3.63, 3.8) is 0 Å². The van der Waals surface area contributed by atoms with Gasteiger partial charge in [-0.2, -0.15) is 10.2 Å². The van der Waals surface area contributed by atoms with E-state index in [0.717, 1.165) is 59.2 Å². The van der Waals surface area contributed by atoms with Crippen molar-refractivity contribution in [2.24, 2.45) is 10.2 Å². The normalized spacial score (nSPS) is 18.1. The first-order valence-corrected chi connectivity index (χ1v) is 11.7. The average Bonchev–Trinajstić information content (AvgIpc) is 3.42. The van der Waals surface area contributed by atoms with Crippen LogP contribution >= 0.6 is 0 Å². The van der Waals surface area contributed by atoms with Gasteiger partial charge in [0.25, 0.3) is 5.69 Å². The number of hydrogen-bond acceptors (Lipinski definition) is 6. The Kier molecular flexibility index (Phi) is 6.54. The fourth-order valence-electron chi connectivity index (χ4n) is 4.72. The Balaban J connectivity index is 1.42. The number of nitrogens with zero attached hydrogens (tertiary/aromatic N) is 4. The summed E-state index contributed by atoms with van der Waals surface area (Å²) in [4.78, 5) is 16.3. The van der Waals surface area contributed by atoms with Gasteiger partial charge >= 0.3 is 0 Å². The van der Waals surface area contributed by atoms with Gasteiger partial charge in [-0.3, -0.25) is 10.1 Å². The third-order valence-electron chi connectivity index (χ3n) is 6.45. The van der Waals surface area contributed by atoms with Gasteiger partial charge in [0.1, 0.15) is 0 Å². The molecule has 1 aliphatic heterocycles. The number of benzene rings is 2. The number of aryl methyl sites for hydroxylation is 1. The summed E-state index contributed by atoms with van der Waals surface area (Å²) in [6, 6.07) is 14.8. The van der Waals surface area contributed by atoms with E-state index in [2.05, 4.69) is 38.3 Å². The molecule has 1 saturated heterocycles. The summed E-state index contributed by atoms with van der Waals surface area (Å²) in [6.07, 6.45) is 7.55. The van der Waals surface area contributed by atoms with Crippen LogP contribution in [0.25, 0.3) is 17.0 Å². The number of nitro benzene ring substituents is 1. The lowest BCUT2D eigenvalue weighted by Gasteiger charge is -2.31. The van der Waals surface area contributed by atoms with Crippen molar-refractivity contribution in [1.82, 2.24) is 9.88 Å². The Morgan fingerprint density at radius 1 is 1.03 bits per heavy atom. The number of rotatable bonds is 6. The van der Waals surface area contributed by atoms with E-state index in [-0.39, 0.29) is 10.6 Å². The maximum Gasteiger partial charge on any atom is 0.269 e. The summed E-state index contributed by atoms with van der Waals surface area (Å²) in [6.45, 7) is 5.06. The molecule has 1 aromatic heterocycles. The maximum atomic E-state index is 11.0. The number of aromatic amines is 1. The van der Waals surface area contributed by atoms with Crippen LogP contribution in [0, 0.1) is 17.0 Å². The van der Waals surface area contributed by atoms with E-state index >= 15 is 0 Å². The molecule has 0 amide bonds. The molecule has 178 valence electrons. The van der Waals surface area contributed by atoms with Crippen LogP contribution in [0.1, 0.15) is 29.7 Å². The fraction of sp³-hybridized carbons (Fsp3) is 0.259. The fourth-order valence-corrected chi connectivity index (χ4v) is 4.72. The molecule has 0 unspecified atom stereocenters. The van der Waals surface area contributed by atoms with Crippen molar-refractivity contribution < 1.29 is 9.66 Å². The van der Waals surface area contributed by atoms with Gasteiger partial charge < -0.3 is 14.6 Å². The Bertz CT molecular complexity index is 1360. The maximum absolute atomic E-state index is 11.0. The number of non-ortho nitro benzene ring substituents is 1.